The molecule has 0 N–H and O–H groups in total. The van der Waals surface area contributed by atoms with E-state index >= 15 is 0 Å². The smallest absolute Gasteiger partial charge is 0.0149 e. The Bertz CT molecular complexity index is 7.51. The molecule has 0 bridgehead atoms. The average Bonchev–Trinajstić information content (AvgIpc) is 0. The summed E-state index contributed by atoms with van der Waals surface area (Å²) >= 11 is 0. The molecule has 0 saturated heterocycles. The van der Waals surface area contributed by atoms with Gasteiger partial charge in [-0.15, -0.1) is 73.6 Å². The zero-order chi connectivity index (χ0) is 0. The highest BCUT2D eigenvalue weighted by molar-refractivity contribution is 14.0. The van der Waals surface area contributed by atoms with Crippen LogP contribution in [0.1, 0.15) is 0 Å². The van der Waals surface area contributed by atoms with Crippen molar-refractivity contribution >= 4 is 84.6 Å². The van der Waals surface area contributed by atoms with Crippen molar-refractivity contribution in [3.05, 3.63) is 0 Å². The summed E-state index contributed by atoms with van der Waals surface area (Å²) in [5.41, 5.74) is 0. The maximum absolute atomic E-state index is 0. The van der Waals surface area contributed by atoms with E-state index in [1.807, 2.05) is 0 Å². The molecule has 0 aliphatic heterocycles. The minimum Gasteiger partial charge on any atom is -0.147 e. The minimum atomic E-state index is 0. The Morgan fingerprint density at radius 3 is 0.500 bits per heavy atom. The molecule has 0 heterocycles. The topological polar surface area (TPSA) is 0 Å². The Labute approximate surface area is 83.9 Å². The Hall–Kier alpha value is 2.11. The molecule has 0 fully saturated rings. The van der Waals surface area contributed by atoms with Crippen molar-refractivity contribution in [2.24, 2.45) is 0 Å². The highest BCUT2D eigenvalue weighted by atomic mass is 127. The van der Waals surface area contributed by atoms with Crippen molar-refractivity contribution in [1.82, 2.24) is 0 Å². The molecule has 0 amide bonds. The number of halogens is 5. The van der Waals surface area contributed by atoms with Crippen LogP contribution in [-0.2, 0) is 0 Å². The predicted molar refractivity (Wildman–Crippen MR) is 55.7 cm³/mol. The standard InChI is InChI=1S/4ClH.HI.H4Si/h5*1H;1H4. The molecule has 6 heavy (non-hydrogen) atoms. The second-order valence-corrected chi connectivity index (χ2v) is 0. The van der Waals surface area contributed by atoms with Gasteiger partial charge >= 0.3 is 0 Å². The van der Waals surface area contributed by atoms with Crippen molar-refractivity contribution < 1.29 is 0 Å². The number of hydrogen-bond acceptors (Lipinski definition) is 0. The Morgan fingerprint density at radius 1 is 0.500 bits per heavy atom. The van der Waals surface area contributed by atoms with Crippen LogP contribution < -0.4 is 0 Å². The second-order valence-electron chi connectivity index (χ2n) is 0. The number of rotatable bonds is 0. The van der Waals surface area contributed by atoms with Gasteiger partial charge in [0, 0.05) is 0 Å². The highest BCUT2D eigenvalue weighted by Gasteiger charge is -0.0148. The van der Waals surface area contributed by atoms with Gasteiger partial charge in [-0.25, -0.2) is 0 Å². The lowest BCUT2D eigenvalue weighted by atomic mass is 28.1. The Balaban J connectivity index is 0. The molecule has 0 unspecified atom stereocenters. The fourth-order valence-electron chi connectivity index (χ4n) is 0. The van der Waals surface area contributed by atoms with Crippen LogP contribution in [0.5, 0.6) is 0 Å². The average molecular weight is 306 g/mol. The summed E-state index contributed by atoms with van der Waals surface area (Å²) in [4.78, 5) is 0. The molecular weight excluding hydrogens is 297 g/mol. The van der Waals surface area contributed by atoms with Crippen molar-refractivity contribution in [2.45, 2.75) is 0 Å². The normalized spacial score (nSPS) is 0. The summed E-state index contributed by atoms with van der Waals surface area (Å²) in [6.45, 7) is 0. The lowest BCUT2D eigenvalue weighted by Crippen LogP contribution is -0.381. The van der Waals surface area contributed by atoms with Gasteiger partial charge in [0.05, 0.1) is 0 Å². The lowest BCUT2D eigenvalue weighted by Gasteiger charge is -0.148. The summed E-state index contributed by atoms with van der Waals surface area (Å²) in [5, 5.41) is 0. The SMILES string of the molecule is Cl.Cl.Cl.Cl.I.[SiH4]. The largest absolute Gasteiger partial charge is 0.147 e. The van der Waals surface area contributed by atoms with Crippen LogP contribution in [0.25, 0.3) is 0 Å². The molecule has 0 atom stereocenters. The fraction of sp³-hybridized carbons (Fsp3) is 0. The van der Waals surface area contributed by atoms with Crippen LogP contribution >= 0.6 is 73.6 Å². The van der Waals surface area contributed by atoms with E-state index < -0.39 is 0 Å². The van der Waals surface area contributed by atoms with E-state index in [-0.39, 0.29) is 84.6 Å². The highest BCUT2D eigenvalue weighted by Crippen LogP contribution is 0.886. The quantitative estimate of drug-likeness (QED) is 0.460. The fourth-order valence-corrected chi connectivity index (χ4v) is 0. The van der Waals surface area contributed by atoms with E-state index in [2.05, 4.69) is 0 Å². The van der Waals surface area contributed by atoms with Crippen molar-refractivity contribution in [3.63, 3.8) is 0 Å². The van der Waals surface area contributed by atoms with E-state index in [1.54, 1.807) is 0 Å². The lowest BCUT2D eigenvalue weighted by molar-refractivity contribution is 5.75. The Morgan fingerprint density at radius 2 is 0.500 bits per heavy atom. The molecule has 0 aliphatic rings. The molecule has 6 heteroatoms. The maximum Gasteiger partial charge on any atom is -0.0149 e. The molecular formula is H9Cl4ISi. The van der Waals surface area contributed by atoms with E-state index in [1.165, 1.54) is 0 Å². The zero-order valence-electron chi connectivity index (χ0n) is 2.04. The van der Waals surface area contributed by atoms with Gasteiger partial charge < -0.3 is 0 Å². The van der Waals surface area contributed by atoms with Crippen LogP contribution in [0.3, 0.4) is 0 Å². The van der Waals surface area contributed by atoms with Gasteiger partial charge in [-0.2, -0.15) is 0 Å². The van der Waals surface area contributed by atoms with Crippen molar-refractivity contribution in [3.8, 4) is 0 Å². The van der Waals surface area contributed by atoms with E-state index in [0.717, 1.165) is 0 Å². The molecule has 48 valence electrons. The first-order chi connectivity index (χ1) is 0. The third kappa shape index (κ3) is 35.9. The maximum atomic E-state index is 0. The van der Waals surface area contributed by atoms with E-state index in [9.17, 15) is 0 Å². The van der Waals surface area contributed by atoms with Gasteiger partial charge in [-0.1, -0.05) is 0 Å². The van der Waals surface area contributed by atoms with Crippen LogP contribution in [-0.4, -0.2) is 11.0 Å². The predicted octanol–water partition coefficient (Wildman–Crippen LogP) is 0.854. The van der Waals surface area contributed by atoms with Gasteiger partial charge in [-0.05, 0) is 11.0 Å². The number of hydrogen-bond donors (Lipinski definition) is 0. The first kappa shape index (κ1) is 92.2. The molecule has 0 rings (SSSR count). The van der Waals surface area contributed by atoms with Gasteiger partial charge in [0.1, 0.15) is 0 Å². The third-order valence-corrected chi connectivity index (χ3v) is 0. The van der Waals surface area contributed by atoms with Gasteiger partial charge in [0.15, 0.2) is 0 Å². The van der Waals surface area contributed by atoms with Gasteiger partial charge in [-0.3, -0.25) is 0 Å². The van der Waals surface area contributed by atoms with Crippen molar-refractivity contribution in [1.29, 1.82) is 0 Å². The molecule has 0 aromatic heterocycles. The molecule has 0 radical (unpaired) electrons. The summed E-state index contributed by atoms with van der Waals surface area (Å²) in [7, 11) is 0. The van der Waals surface area contributed by atoms with Crippen LogP contribution in [0.2, 0.25) is 0 Å². The van der Waals surface area contributed by atoms with Crippen LogP contribution in [0, 0.1) is 0 Å². The molecule has 0 saturated carbocycles. The summed E-state index contributed by atoms with van der Waals surface area (Å²) in [5.74, 6) is 0. The Kier molecular flexibility index (Phi) is 918. The van der Waals surface area contributed by atoms with Gasteiger partial charge in [0.25, 0.3) is 0 Å². The van der Waals surface area contributed by atoms with Crippen LogP contribution in [0.4, 0.5) is 0 Å². The summed E-state index contributed by atoms with van der Waals surface area (Å²) in [6, 6.07) is 0. The first-order valence-electron chi connectivity index (χ1n) is 0. The van der Waals surface area contributed by atoms with Crippen molar-refractivity contribution in [2.75, 3.05) is 0 Å². The summed E-state index contributed by atoms with van der Waals surface area (Å²) in [6.07, 6.45) is 0. The molecule has 0 aliphatic carbocycles. The minimum absolute atomic E-state index is 0. The monoisotopic (exact) mass is 304 g/mol. The van der Waals surface area contributed by atoms with E-state index in [4.69, 9.17) is 0 Å². The first-order valence-corrected chi connectivity index (χ1v) is 0. The van der Waals surface area contributed by atoms with Gasteiger partial charge in [0.2, 0.25) is 0 Å². The molecule has 0 spiro atoms. The van der Waals surface area contributed by atoms with Crippen LogP contribution in [0.15, 0.2) is 0 Å². The second kappa shape index (κ2) is 59.7. The zero-order valence-corrected chi connectivity index (χ0v) is 7.64. The molecule has 0 nitrogen and oxygen atoms in total. The molecule has 0 aromatic carbocycles. The molecule has 0 aromatic rings. The third-order valence-electron chi connectivity index (χ3n) is 0. The summed E-state index contributed by atoms with van der Waals surface area (Å²) < 4.78 is 0. The van der Waals surface area contributed by atoms with E-state index in [0.29, 0.717) is 0 Å².